The molecule has 1 aromatic heterocycles. The number of hydrogen-bond donors (Lipinski definition) is 0. The molecule has 5 nitrogen and oxygen atoms in total. The van der Waals surface area contributed by atoms with Crippen molar-refractivity contribution in [3.8, 4) is 0 Å². The molecule has 0 aliphatic rings. The van der Waals surface area contributed by atoms with Crippen LogP contribution in [-0.4, -0.2) is 11.5 Å². The summed E-state index contributed by atoms with van der Waals surface area (Å²) >= 11 is 0. The number of azide groups is 1. The van der Waals surface area contributed by atoms with Gasteiger partial charge in [-0.15, -0.1) is 0 Å². The summed E-state index contributed by atoms with van der Waals surface area (Å²) in [4.78, 5) is 6.70. The van der Waals surface area contributed by atoms with Crippen LogP contribution in [0.3, 0.4) is 0 Å². The molecule has 0 atom stereocenters. The van der Waals surface area contributed by atoms with Crippen LogP contribution in [0.5, 0.6) is 0 Å². The molecular weight excluding hydrogens is 192 g/mol. The second kappa shape index (κ2) is 4.30. The molecule has 0 radical (unpaired) electrons. The van der Waals surface area contributed by atoms with Gasteiger partial charge in [-0.25, -0.2) is 4.98 Å². The predicted molar refractivity (Wildman–Crippen MR) is 57.1 cm³/mol. The molecule has 2 rings (SSSR count). The average Bonchev–Trinajstić information content (AvgIpc) is 2.71. The quantitative estimate of drug-likeness (QED) is 0.433. The number of aromatic nitrogens is 1. The van der Waals surface area contributed by atoms with Crippen molar-refractivity contribution >= 4 is 17.2 Å². The van der Waals surface area contributed by atoms with Crippen molar-refractivity contribution in [3.63, 3.8) is 0 Å². The minimum atomic E-state index is 0.355. The summed E-state index contributed by atoms with van der Waals surface area (Å²) in [5.41, 5.74) is 10.7. The van der Waals surface area contributed by atoms with Gasteiger partial charge in [0.05, 0.1) is 0 Å². The van der Waals surface area contributed by atoms with Gasteiger partial charge >= 0.3 is 0 Å². The van der Waals surface area contributed by atoms with Gasteiger partial charge in [0, 0.05) is 11.5 Å². The molecule has 0 N–H and O–H groups in total. The second-order valence-corrected chi connectivity index (χ2v) is 2.90. The smallest absolute Gasteiger partial charge is 0.181 e. The number of rotatable bonds is 3. The van der Waals surface area contributed by atoms with Crippen LogP contribution < -0.4 is 0 Å². The zero-order valence-electron chi connectivity index (χ0n) is 7.87. The highest BCUT2D eigenvalue weighted by Crippen LogP contribution is 2.14. The highest BCUT2D eigenvalue weighted by atomic mass is 16.3. The Hall–Kier alpha value is -2.26. The second-order valence-electron chi connectivity index (χ2n) is 2.90. The average molecular weight is 200 g/mol. The van der Waals surface area contributed by atoms with E-state index in [0.717, 1.165) is 16.7 Å². The third-order valence-electron chi connectivity index (χ3n) is 1.92. The molecule has 1 aromatic carbocycles. The monoisotopic (exact) mass is 200 g/mol. The van der Waals surface area contributed by atoms with E-state index < -0.39 is 0 Å². The molecule has 0 spiro atoms. The summed E-state index contributed by atoms with van der Waals surface area (Å²) in [5.74, 6) is 0. The van der Waals surface area contributed by atoms with Gasteiger partial charge in [-0.2, -0.15) is 0 Å². The van der Waals surface area contributed by atoms with Gasteiger partial charge in [-0.1, -0.05) is 23.3 Å². The van der Waals surface area contributed by atoms with E-state index in [-0.39, 0.29) is 0 Å². The summed E-state index contributed by atoms with van der Waals surface area (Å²) in [6.45, 7) is 0.355. The Morgan fingerprint density at radius 1 is 1.53 bits per heavy atom. The maximum atomic E-state index is 8.08. The van der Waals surface area contributed by atoms with Gasteiger partial charge in [0.2, 0.25) is 0 Å². The van der Waals surface area contributed by atoms with Gasteiger partial charge in [0.1, 0.15) is 5.52 Å². The Bertz CT molecular complexity index is 537. The summed E-state index contributed by atoms with van der Waals surface area (Å²) in [5, 5.41) is 3.40. The summed E-state index contributed by atoms with van der Waals surface area (Å²) < 4.78 is 5.11. The van der Waals surface area contributed by atoms with Crippen LogP contribution in [0, 0.1) is 0 Å². The lowest BCUT2D eigenvalue weighted by atomic mass is 10.2. The van der Waals surface area contributed by atoms with Crippen LogP contribution in [0.2, 0.25) is 0 Å². The summed E-state index contributed by atoms with van der Waals surface area (Å²) in [6, 6.07) is 5.68. The minimum absolute atomic E-state index is 0.355. The number of oxazole rings is 1. The third-order valence-corrected chi connectivity index (χ3v) is 1.92. The van der Waals surface area contributed by atoms with Gasteiger partial charge < -0.3 is 4.42 Å². The maximum Gasteiger partial charge on any atom is 0.181 e. The maximum absolute atomic E-state index is 8.08. The molecule has 5 heteroatoms. The van der Waals surface area contributed by atoms with Gasteiger partial charge in [0.25, 0.3) is 0 Å². The largest absolute Gasteiger partial charge is 0.443 e. The molecule has 0 saturated heterocycles. The van der Waals surface area contributed by atoms with Crippen LogP contribution in [-0.2, 0) is 0 Å². The number of nitrogens with zero attached hydrogens (tertiary/aromatic N) is 4. The lowest BCUT2D eigenvalue weighted by Gasteiger charge is -1.91. The number of benzene rings is 1. The van der Waals surface area contributed by atoms with Gasteiger partial charge in [0.15, 0.2) is 12.0 Å². The molecule has 15 heavy (non-hydrogen) atoms. The Labute approximate surface area is 85.7 Å². The Morgan fingerprint density at radius 2 is 2.47 bits per heavy atom. The molecule has 1 heterocycles. The van der Waals surface area contributed by atoms with E-state index in [1.165, 1.54) is 6.39 Å². The standard InChI is InChI=1S/C10H8N4O/c11-14-13-5-1-2-8-3-4-10-9(6-8)12-7-15-10/h1-4,6-7H,5H2. The molecule has 0 aliphatic carbocycles. The van der Waals surface area contributed by atoms with Crippen LogP contribution >= 0.6 is 0 Å². The predicted octanol–water partition coefficient (Wildman–Crippen LogP) is 3.15. The fraction of sp³-hybridized carbons (Fsp3) is 0.100. The van der Waals surface area contributed by atoms with Crippen LogP contribution in [0.25, 0.3) is 27.6 Å². The molecule has 0 aliphatic heterocycles. The Morgan fingerprint density at radius 3 is 3.33 bits per heavy atom. The Balaban J connectivity index is 2.20. The zero-order chi connectivity index (χ0) is 10.5. The first-order valence-electron chi connectivity index (χ1n) is 4.41. The number of hydrogen-bond acceptors (Lipinski definition) is 3. The molecule has 0 bridgehead atoms. The van der Waals surface area contributed by atoms with E-state index in [2.05, 4.69) is 15.0 Å². The van der Waals surface area contributed by atoms with Crippen molar-refractivity contribution in [3.05, 3.63) is 46.7 Å². The molecule has 0 saturated carbocycles. The van der Waals surface area contributed by atoms with E-state index in [9.17, 15) is 0 Å². The molecule has 74 valence electrons. The van der Waals surface area contributed by atoms with Gasteiger partial charge in [-0.3, -0.25) is 0 Å². The fourth-order valence-corrected chi connectivity index (χ4v) is 1.25. The van der Waals surface area contributed by atoms with Crippen LogP contribution in [0.1, 0.15) is 5.56 Å². The zero-order valence-corrected chi connectivity index (χ0v) is 7.87. The molecular formula is C10H8N4O. The SMILES string of the molecule is [N-]=[N+]=NCC=Cc1ccc2ocnc2c1. The van der Waals surface area contributed by atoms with Crippen molar-refractivity contribution in [2.75, 3.05) is 6.54 Å². The molecule has 0 fully saturated rings. The molecule has 0 amide bonds. The first-order valence-corrected chi connectivity index (χ1v) is 4.41. The van der Waals surface area contributed by atoms with E-state index in [4.69, 9.17) is 9.95 Å². The van der Waals surface area contributed by atoms with Crippen molar-refractivity contribution in [2.24, 2.45) is 5.11 Å². The minimum Gasteiger partial charge on any atom is -0.443 e. The third kappa shape index (κ3) is 2.15. The summed E-state index contributed by atoms with van der Waals surface area (Å²) in [7, 11) is 0. The highest BCUT2D eigenvalue weighted by molar-refractivity contribution is 5.75. The van der Waals surface area contributed by atoms with Gasteiger partial charge in [-0.05, 0) is 23.2 Å². The topological polar surface area (TPSA) is 74.8 Å². The summed E-state index contributed by atoms with van der Waals surface area (Å²) in [6.07, 6.45) is 5.09. The van der Waals surface area contributed by atoms with Crippen LogP contribution in [0.15, 0.2) is 40.2 Å². The first kappa shape index (κ1) is 9.30. The van der Waals surface area contributed by atoms with Crippen molar-refractivity contribution in [1.29, 1.82) is 0 Å². The number of fused-ring (bicyclic) bond motifs is 1. The van der Waals surface area contributed by atoms with Crippen molar-refractivity contribution < 1.29 is 4.42 Å². The van der Waals surface area contributed by atoms with Crippen molar-refractivity contribution in [1.82, 2.24) is 4.98 Å². The van der Waals surface area contributed by atoms with E-state index >= 15 is 0 Å². The Kier molecular flexibility index (Phi) is 2.67. The first-order chi connectivity index (χ1) is 7.40. The molecule has 2 aromatic rings. The molecule has 0 unspecified atom stereocenters. The van der Waals surface area contributed by atoms with Crippen LogP contribution in [0.4, 0.5) is 0 Å². The lowest BCUT2D eigenvalue weighted by molar-refractivity contribution is 0.602. The normalized spacial score (nSPS) is 10.7. The van der Waals surface area contributed by atoms with Crippen molar-refractivity contribution in [2.45, 2.75) is 0 Å². The van der Waals surface area contributed by atoms with E-state index in [1.807, 2.05) is 24.3 Å². The van der Waals surface area contributed by atoms with E-state index in [0.29, 0.717) is 6.54 Å². The highest BCUT2D eigenvalue weighted by Gasteiger charge is 1.96. The lowest BCUT2D eigenvalue weighted by Crippen LogP contribution is -1.74. The van der Waals surface area contributed by atoms with E-state index in [1.54, 1.807) is 6.08 Å². The fourth-order valence-electron chi connectivity index (χ4n) is 1.25.